The van der Waals surface area contributed by atoms with Gasteiger partial charge in [0.05, 0.1) is 36.0 Å². The number of benzene rings is 3. The molecule has 13 nitrogen and oxygen atoms in total. The van der Waals surface area contributed by atoms with Crippen LogP contribution in [-0.2, 0) is 19.1 Å². The van der Waals surface area contributed by atoms with Crippen LogP contribution in [0.2, 0.25) is 10.2 Å². The lowest BCUT2D eigenvalue weighted by Crippen LogP contribution is -2.33. The molecule has 16 heteroatoms. The number of halogens is 3. The number of esters is 2. The molecule has 7 rings (SSSR count). The summed E-state index contributed by atoms with van der Waals surface area (Å²) in [7, 11) is 4.65. The van der Waals surface area contributed by atoms with Crippen LogP contribution in [0.15, 0.2) is 67.3 Å². The van der Waals surface area contributed by atoms with Crippen molar-refractivity contribution in [3.05, 3.63) is 83.2 Å². The van der Waals surface area contributed by atoms with Crippen LogP contribution >= 0.6 is 23.2 Å². The van der Waals surface area contributed by atoms with E-state index in [1.807, 2.05) is 30.1 Å². The van der Waals surface area contributed by atoms with Crippen LogP contribution in [0.25, 0.3) is 21.8 Å². The molecule has 3 aromatic carbocycles. The summed E-state index contributed by atoms with van der Waals surface area (Å²) >= 11 is 11.9. The largest absolute Gasteiger partial charge is 0.489 e. The zero-order valence-electron chi connectivity index (χ0n) is 27.8. The van der Waals surface area contributed by atoms with Crippen molar-refractivity contribution >= 4 is 68.5 Å². The summed E-state index contributed by atoms with van der Waals surface area (Å²) in [4.78, 5) is 41.9. The number of aromatic nitrogens is 4. The van der Waals surface area contributed by atoms with Gasteiger partial charge in [-0.05, 0) is 43.4 Å². The van der Waals surface area contributed by atoms with E-state index in [-0.39, 0.29) is 46.9 Å². The number of nitrogens with one attached hydrogen (secondary N) is 2. The molecule has 0 spiro atoms. The summed E-state index contributed by atoms with van der Waals surface area (Å²) < 4.78 is 35.7. The van der Waals surface area contributed by atoms with Crippen molar-refractivity contribution in [2.75, 3.05) is 39.7 Å². The lowest BCUT2D eigenvalue weighted by Gasteiger charge is -2.15. The number of ether oxygens (including phenoxy) is 4. The van der Waals surface area contributed by atoms with E-state index in [4.69, 9.17) is 42.1 Å². The van der Waals surface area contributed by atoms with Crippen LogP contribution in [0.4, 0.5) is 15.9 Å². The summed E-state index contributed by atoms with van der Waals surface area (Å²) in [5.74, 6) is 0.698. The van der Waals surface area contributed by atoms with Gasteiger partial charge in [0.1, 0.15) is 59.4 Å². The molecule has 0 saturated carbocycles. The topological polar surface area (TPSA) is 150 Å². The highest BCUT2D eigenvalue weighted by atomic mass is 35.5. The van der Waals surface area contributed by atoms with E-state index >= 15 is 0 Å². The quantitative estimate of drug-likeness (QED) is 0.156. The molecule has 0 aliphatic carbocycles. The SMILES string of the molecule is COC(=O)[C@@H]1C[C@H](Oc2ccc3c(Cl)ncnc3c2)CN1C.COC(=O)[C@@H]1C[C@H](Oc2ccc3c(Nc4cccc(Cl)c4F)ncnc3c2)CN1. The number of likely N-dealkylation sites (tertiary alicyclic amines) is 1. The molecular weight excluding hydrogens is 704 g/mol. The number of carbonyl (C=O) groups excluding carboxylic acids is 2. The number of fused-ring (bicyclic) bond motifs is 2. The summed E-state index contributed by atoms with van der Waals surface area (Å²) in [6, 6.07) is 15.0. The van der Waals surface area contributed by atoms with Gasteiger partial charge in [-0.15, -0.1) is 0 Å². The Morgan fingerprint density at radius 3 is 2.25 bits per heavy atom. The number of likely N-dealkylation sites (N-methyl/N-ethyl adjacent to an activating group) is 1. The molecule has 2 aliphatic rings. The molecule has 2 N–H and O–H groups in total. The molecule has 266 valence electrons. The maximum absolute atomic E-state index is 14.2. The molecule has 2 fully saturated rings. The second-order valence-electron chi connectivity index (χ2n) is 11.9. The van der Waals surface area contributed by atoms with Gasteiger partial charge < -0.3 is 29.6 Å². The van der Waals surface area contributed by atoms with Gasteiger partial charge in [-0.3, -0.25) is 14.5 Å². The van der Waals surface area contributed by atoms with Crippen molar-refractivity contribution in [2.45, 2.75) is 37.1 Å². The third-order valence-corrected chi connectivity index (χ3v) is 9.13. The minimum atomic E-state index is -0.547. The molecule has 0 unspecified atom stereocenters. The average molecular weight is 739 g/mol. The first-order valence-electron chi connectivity index (χ1n) is 15.9. The molecule has 2 saturated heterocycles. The summed E-state index contributed by atoms with van der Waals surface area (Å²) in [5, 5.41) is 7.98. The first-order valence-corrected chi connectivity index (χ1v) is 16.7. The monoisotopic (exact) mass is 737 g/mol. The minimum Gasteiger partial charge on any atom is -0.489 e. The molecular formula is C35H34Cl2FN7O6. The predicted octanol–water partition coefficient (Wildman–Crippen LogP) is 5.36. The Morgan fingerprint density at radius 2 is 1.53 bits per heavy atom. The highest BCUT2D eigenvalue weighted by molar-refractivity contribution is 6.34. The average Bonchev–Trinajstić information content (AvgIpc) is 3.75. The lowest BCUT2D eigenvalue weighted by atomic mass is 10.2. The van der Waals surface area contributed by atoms with Gasteiger partial charge in [-0.2, -0.15) is 0 Å². The molecule has 4 heterocycles. The van der Waals surface area contributed by atoms with E-state index in [1.165, 1.54) is 32.9 Å². The summed E-state index contributed by atoms with van der Waals surface area (Å²) in [6.07, 6.45) is 3.72. The maximum atomic E-state index is 14.2. The van der Waals surface area contributed by atoms with Gasteiger partial charge in [0, 0.05) is 48.8 Å². The van der Waals surface area contributed by atoms with E-state index in [0.29, 0.717) is 59.3 Å². The summed E-state index contributed by atoms with van der Waals surface area (Å²) in [6.45, 7) is 1.21. The Labute approximate surface area is 302 Å². The van der Waals surface area contributed by atoms with Crippen molar-refractivity contribution in [2.24, 2.45) is 0 Å². The Hall–Kier alpha value is -4.89. The Bertz CT molecular complexity index is 2060. The molecule has 0 amide bonds. The van der Waals surface area contributed by atoms with Gasteiger partial charge in [0.15, 0.2) is 5.82 Å². The Balaban J connectivity index is 0.000000183. The first-order chi connectivity index (χ1) is 24.6. The van der Waals surface area contributed by atoms with Crippen LogP contribution in [0.3, 0.4) is 0 Å². The number of rotatable bonds is 8. The fourth-order valence-corrected chi connectivity index (χ4v) is 6.34. The molecule has 5 aromatic rings. The van der Waals surface area contributed by atoms with E-state index in [2.05, 4.69) is 30.6 Å². The van der Waals surface area contributed by atoms with Crippen molar-refractivity contribution in [1.29, 1.82) is 0 Å². The van der Waals surface area contributed by atoms with Crippen LogP contribution in [0, 0.1) is 5.82 Å². The lowest BCUT2D eigenvalue weighted by molar-refractivity contribution is -0.145. The third kappa shape index (κ3) is 8.37. The minimum absolute atomic E-state index is 0.0273. The van der Waals surface area contributed by atoms with Crippen LogP contribution in [0.1, 0.15) is 12.8 Å². The van der Waals surface area contributed by atoms with Crippen molar-refractivity contribution in [3.63, 3.8) is 0 Å². The number of hydrogen-bond donors (Lipinski definition) is 2. The molecule has 51 heavy (non-hydrogen) atoms. The molecule has 4 atom stereocenters. The van der Waals surface area contributed by atoms with Gasteiger partial charge in [0.2, 0.25) is 0 Å². The van der Waals surface area contributed by atoms with E-state index in [0.717, 1.165) is 10.9 Å². The zero-order valence-corrected chi connectivity index (χ0v) is 29.3. The Kier molecular flexibility index (Phi) is 11.3. The van der Waals surface area contributed by atoms with E-state index in [9.17, 15) is 14.0 Å². The number of hydrogen-bond acceptors (Lipinski definition) is 13. The summed E-state index contributed by atoms with van der Waals surface area (Å²) in [5.41, 5.74) is 1.59. The fraction of sp³-hybridized carbons (Fsp3) is 0.314. The highest BCUT2D eigenvalue weighted by Gasteiger charge is 2.36. The Morgan fingerprint density at radius 1 is 0.863 bits per heavy atom. The smallest absolute Gasteiger partial charge is 0.323 e. The third-order valence-electron chi connectivity index (χ3n) is 8.54. The van der Waals surface area contributed by atoms with E-state index in [1.54, 1.807) is 30.3 Å². The second kappa shape index (κ2) is 16.0. The van der Waals surface area contributed by atoms with Gasteiger partial charge in [-0.25, -0.2) is 24.3 Å². The fourth-order valence-electron chi connectivity index (χ4n) is 5.96. The van der Waals surface area contributed by atoms with E-state index < -0.39 is 5.82 Å². The molecule has 0 radical (unpaired) electrons. The zero-order chi connectivity index (χ0) is 36.1. The maximum Gasteiger partial charge on any atom is 0.323 e. The van der Waals surface area contributed by atoms with Crippen LogP contribution in [-0.4, -0.2) is 95.4 Å². The number of methoxy groups -OCH3 is 2. The van der Waals surface area contributed by atoms with Gasteiger partial charge in [0.25, 0.3) is 0 Å². The number of anilines is 2. The standard InChI is InChI=1S/C20H18ClFN4O3.C15H16ClN3O3/c1-28-20(27)17-8-12(9-23-17)29-11-5-6-13-16(7-11)24-10-25-19(13)26-15-4-2-3-14(21)18(15)22;1-19-7-10(6-13(19)15(20)21-2)22-9-3-4-11-12(5-9)17-8-18-14(11)16/h2-7,10,12,17,23H,8-9H2,1H3,(H,24,25,26);3-5,8,10,13H,6-7H2,1-2H3/t12-,17-;10-,13-/m00/s1. The van der Waals surface area contributed by atoms with Crippen molar-refractivity contribution < 1.29 is 32.9 Å². The molecule has 2 aliphatic heterocycles. The molecule has 0 bridgehead atoms. The van der Waals surface area contributed by atoms with Gasteiger partial charge >= 0.3 is 11.9 Å². The molecule has 2 aromatic heterocycles. The van der Waals surface area contributed by atoms with Crippen LogP contribution in [0.5, 0.6) is 11.5 Å². The van der Waals surface area contributed by atoms with Crippen molar-refractivity contribution in [3.8, 4) is 11.5 Å². The van der Waals surface area contributed by atoms with Crippen molar-refractivity contribution in [1.82, 2.24) is 30.2 Å². The predicted molar refractivity (Wildman–Crippen MR) is 189 cm³/mol. The second-order valence-corrected chi connectivity index (χ2v) is 12.6. The highest BCUT2D eigenvalue weighted by Crippen LogP contribution is 2.31. The van der Waals surface area contributed by atoms with Gasteiger partial charge in [-0.1, -0.05) is 29.3 Å². The first kappa shape index (κ1) is 35.9. The number of nitrogens with zero attached hydrogens (tertiary/aromatic N) is 5. The van der Waals surface area contributed by atoms with Crippen LogP contribution < -0.4 is 20.1 Å². The normalized spacial score (nSPS) is 20.0. The number of carbonyl (C=O) groups is 2.